The second kappa shape index (κ2) is 35.4. The normalized spacial score (nSPS) is 14.2. The van der Waals surface area contributed by atoms with Gasteiger partial charge in [-0.2, -0.15) is 12.6 Å². The number of amides is 9. The minimum absolute atomic E-state index is 0.00419. The zero-order valence-electron chi connectivity index (χ0n) is 48.7. The van der Waals surface area contributed by atoms with Crippen LogP contribution in [-0.4, -0.2) is 175 Å². The van der Waals surface area contributed by atoms with Gasteiger partial charge in [-0.3, -0.25) is 52.7 Å². The predicted octanol–water partition coefficient (Wildman–Crippen LogP) is -1.52. The van der Waals surface area contributed by atoms with Gasteiger partial charge in [-0.15, -0.1) is 0 Å². The second-order valence-corrected chi connectivity index (χ2v) is 21.7. The van der Waals surface area contributed by atoms with Crippen LogP contribution in [0.15, 0.2) is 79.0 Å². The van der Waals surface area contributed by atoms with Crippen molar-refractivity contribution in [3.63, 3.8) is 0 Å². The number of nitrogens with one attached hydrogen (secondary N) is 10. The van der Waals surface area contributed by atoms with E-state index in [4.69, 9.17) is 11.5 Å². The Labute approximate surface area is 511 Å². The maximum Gasteiger partial charge on any atom is 0.327 e. The van der Waals surface area contributed by atoms with Crippen molar-refractivity contribution in [1.29, 1.82) is 0 Å². The SMILES string of the molecule is CC(C)C[C@H](NC(=O)[C@H](Cc1ccc(O)cc1)NC(=O)[C@H](CCC(=O)O)NC(=O)[C@H](Cc1ccc(O)cc1)NC(=O)CNC(=O)[C@H](C)NC(=O)[C@H](CC(=O)O)NC(=O)[C@H](CCCCN)NC(=O)[C@@H](N)Cc1c[nH]c2ccccc12)C(=O)N[C@@H](CS)C(=O)O. The number of hydrogen-bond donors (Lipinski definition) is 18. The first kappa shape index (κ1) is 71.2. The van der Waals surface area contributed by atoms with Crippen molar-refractivity contribution < 1.29 is 83.1 Å². The largest absolute Gasteiger partial charge is 0.508 e. The summed E-state index contributed by atoms with van der Waals surface area (Å²) in [4.78, 5) is 162. The molecule has 0 bridgehead atoms. The van der Waals surface area contributed by atoms with Gasteiger partial charge in [0, 0.05) is 42.1 Å². The molecule has 0 fully saturated rings. The summed E-state index contributed by atoms with van der Waals surface area (Å²) in [6.45, 7) is 4.03. The van der Waals surface area contributed by atoms with E-state index in [9.17, 15) is 83.1 Å². The Balaban J connectivity index is 1.49. The highest BCUT2D eigenvalue weighted by atomic mass is 32.1. The highest BCUT2D eigenvalue weighted by molar-refractivity contribution is 7.80. The van der Waals surface area contributed by atoms with Crippen molar-refractivity contribution in [2.75, 3.05) is 18.8 Å². The molecule has 1 aromatic heterocycles. The molecule has 0 saturated carbocycles. The van der Waals surface area contributed by atoms with Crippen LogP contribution in [0, 0.1) is 5.92 Å². The fourth-order valence-corrected chi connectivity index (χ4v) is 9.19. The van der Waals surface area contributed by atoms with Gasteiger partial charge in [-0.25, -0.2) is 4.79 Å². The molecule has 4 rings (SSSR count). The number of unbranched alkanes of at least 4 members (excludes halogenated alkanes) is 1. The van der Waals surface area contributed by atoms with Gasteiger partial charge >= 0.3 is 17.9 Å². The number of aliphatic carboxylic acids is 3. The van der Waals surface area contributed by atoms with Crippen LogP contribution in [0.1, 0.15) is 82.4 Å². The van der Waals surface area contributed by atoms with Crippen molar-refractivity contribution in [3.05, 3.63) is 95.7 Å². The summed E-state index contributed by atoms with van der Waals surface area (Å²) in [6, 6.07) is 4.80. The molecule has 4 aromatic rings. The van der Waals surface area contributed by atoms with E-state index in [1.54, 1.807) is 20.0 Å². The van der Waals surface area contributed by atoms with Crippen molar-refractivity contribution >= 4 is 94.6 Å². The third-order valence-electron chi connectivity index (χ3n) is 13.7. The van der Waals surface area contributed by atoms with Crippen LogP contribution in [0.5, 0.6) is 11.5 Å². The zero-order chi connectivity index (χ0) is 65.2. The smallest absolute Gasteiger partial charge is 0.327 e. The van der Waals surface area contributed by atoms with E-state index >= 15 is 0 Å². The van der Waals surface area contributed by atoms with Crippen LogP contribution in [0.4, 0.5) is 0 Å². The lowest BCUT2D eigenvalue weighted by molar-refractivity contribution is -0.142. The minimum atomic E-state index is -1.79. The van der Waals surface area contributed by atoms with Crippen molar-refractivity contribution in [2.45, 2.75) is 139 Å². The van der Waals surface area contributed by atoms with Gasteiger partial charge in [0.15, 0.2) is 0 Å². The molecule has 9 amide bonds. The monoisotopic (exact) mass is 1250 g/mol. The van der Waals surface area contributed by atoms with Crippen LogP contribution < -0.4 is 59.3 Å². The lowest BCUT2D eigenvalue weighted by Gasteiger charge is -2.27. The standard InChI is InChI=1S/C58H78N12O17S/c1-30(2)22-42(55(83)70-46(29-88)58(86)87)67-57(85)44(24-33-13-17-36(72)18-14-33)68-53(81)41(19-20-48(74)75)66-56(84)43(23-32-11-15-35(71)16-12-32)64-47(73)28-62-50(78)31(3)63-54(82)45(26-49(76)77)69-52(80)40(10-6-7-21-59)65-51(79)38(60)25-34-27-61-39-9-5-4-8-37(34)39/h4-5,8-9,11-18,27,30-31,38,40-46,61,71-72,88H,6-7,10,19-26,28-29,59-60H2,1-3H3,(H,62,78)(H,63,82)(H,64,73)(H,65,79)(H,66,84)(H,67,85)(H,68,81)(H,69,80)(H,70,83)(H,74,75)(H,76,77)(H,86,87)/t31-,38-,40-,41-,42-,43-,44-,45-,46-/m0/s1. The van der Waals surface area contributed by atoms with Gasteiger partial charge in [0.25, 0.3) is 0 Å². The number of carbonyl (C=O) groups is 12. The summed E-state index contributed by atoms with van der Waals surface area (Å²) in [5.74, 6) is -13.9. The summed E-state index contributed by atoms with van der Waals surface area (Å²) in [7, 11) is 0. The van der Waals surface area contributed by atoms with Gasteiger partial charge in [0.2, 0.25) is 53.2 Å². The van der Waals surface area contributed by atoms with Crippen molar-refractivity contribution in [1.82, 2.24) is 52.8 Å². The molecule has 0 aliphatic rings. The number of carboxylic acids is 3. The number of fused-ring (bicyclic) bond motifs is 1. The number of rotatable bonds is 37. The molecule has 3 aromatic carbocycles. The van der Waals surface area contributed by atoms with Gasteiger partial charge in [-0.1, -0.05) is 56.3 Å². The van der Waals surface area contributed by atoms with E-state index in [1.165, 1.54) is 55.5 Å². The first-order chi connectivity index (χ1) is 41.7. The third kappa shape index (κ3) is 23.9. The Morgan fingerprint density at radius 2 is 1.02 bits per heavy atom. The molecule has 88 heavy (non-hydrogen) atoms. The number of thiol groups is 1. The number of aromatic hydroxyl groups is 2. The molecular weight excluding hydrogens is 1170 g/mol. The zero-order valence-corrected chi connectivity index (χ0v) is 49.6. The van der Waals surface area contributed by atoms with Gasteiger partial charge in [-0.05, 0) is 105 Å². The average molecular weight is 1250 g/mol. The summed E-state index contributed by atoms with van der Waals surface area (Å²) < 4.78 is 0. The highest BCUT2D eigenvalue weighted by Crippen LogP contribution is 2.20. The van der Waals surface area contributed by atoms with Gasteiger partial charge < -0.3 is 89.8 Å². The van der Waals surface area contributed by atoms with E-state index in [0.717, 1.165) is 16.5 Å². The highest BCUT2D eigenvalue weighted by Gasteiger charge is 2.35. The average Bonchev–Trinajstić information content (AvgIpc) is 4.15. The Morgan fingerprint density at radius 3 is 1.57 bits per heavy atom. The Bertz CT molecular complexity index is 3090. The molecule has 9 atom stereocenters. The Morgan fingerprint density at radius 1 is 0.534 bits per heavy atom. The maximum absolute atomic E-state index is 14.3. The first-order valence-corrected chi connectivity index (χ1v) is 28.8. The Hall–Kier alpha value is -9.29. The van der Waals surface area contributed by atoms with Gasteiger partial charge in [0.05, 0.1) is 19.0 Å². The number of aromatic amines is 1. The second-order valence-electron chi connectivity index (χ2n) is 21.3. The maximum atomic E-state index is 14.3. The van der Waals surface area contributed by atoms with Crippen LogP contribution in [-0.2, 0) is 76.8 Å². The fraction of sp³-hybridized carbons (Fsp3) is 0.448. The van der Waals surface area contributed by atoms with Crippen molar-refractivity contribution in [2.24, 2.45) is 17.4 Å². The van der Waals surface area contributed by atoms with Gasteiger partial charge in [0.1, 0.15) is 59.8 Å². The topological polar surface area (TPSA) is 482 Å². The number of aromatic nitrogens is 1. The molecule has 0 spiro atoms. The molecule has 0 radical (unpaired) electrons. The van der Waals surface area contributed by atoms with E-state index < -0.39 is 151 Å². The lowest BCUT2D eigenvalue weighted by atomic mass is 10.00. The molecule has 1 heterocycles. The number of H-pyrrole nitrogens is 1. The summed E-state index contributed by atoms with van der Waals surface area (Å²) in [6.07, 6.45) is -0.269. The number of hydrogen-bond acceptors (Lipinski definition) is 17. The Kier molecular flexibility index (Phi) is 28.6. The molecule has 30 heteroatoms. The number of carboxylic acid groups (broad SMARTS) is 3. The minimum Gasteiger partial charge on any atom is -0.508 e. The van der Waals surface area contributed by atoms with E-state index in [0.29, 0.717) is 24.0 Å². The molecule has 0 aliphatic heterocycles. The number of para-hydroxylation sites is 1. The first-order valence-electron chi connectivity index (χ1n) is 28.2. The van der Waals surface area contributed by atoms with E-state index in [1.807, 2.05) is 24.3 Å². The summed E-state index contributed by atoms with van der Waals surface area (Å²) in [5.41, 5.74) is 14.2. The number of phenolic OH excluding ortho intramolecular Hbond substituents is 2. The van der Waals surface area contributed by atoms with Crippen LogP contribution in [0.25, 0.3) is 10.9 Å². The van der Waals surface area contributed by atoms with Crippen molar-refractivity contribution in [3.8, 4) is 11.5 Å². The number of carbonyl (C=O) groups excluding carboxylic acids is 9. The van der Waals surface area contributed by atoms with Crippen LogP contribution in [0.3, 0.4) is 0 Å². The molecule has 0 saturated heterocycles. The molecule has 19 N–H and O–H groups in total. The lowest BCUT2D eigenvalue weighted by Crippen LogP contribution is -2.60. The summed E-state index contributed by atoms with van der Waals surface area (Å²) in [5, 5.41) is 71.4. The number of phenols is 2. The molecule has 478 valence electrons. The quantitative estimate of drug-likeness (QED) is 0.0180. The van der Waals surface area contributed by atoms with E-state index in [2.05, 4.69) is 65.5 Å². The van der Waals surface area contributed by atoms with Crippen LogP contribution >= 0.6 is 12.6 Å². The predicted molar refractivity (Wildman–Crippen MR) is 321 cm³/mol. The molecule has 0 unspecified atom stereocenters. The molecule has 29 nitrogen and oxygen atoms in total. The summed E-state index contributed by atoms with van der Waals surface area (Å²) >= 11 is 3.98. The number of benzene rings is 3. The van der Waals surface area contributed by atoms with E-state index in [-0.39, 0.29) is 61.8 Å². The fourth-order valence-electron chi connectivity index (χ4n) is 8.94. The van der Waals surface area contributed by atoms with Crippen LogP contribution in [0.2, 0.25) is 0 Å². The molecule has 0 aliphatic carbocycles. The molecular formula is C58H78N12O17S. The third-order valence-corrected chi connectivity index (χ3v) is 14.0. The number of nitrogens with two attached hydrogens (primary N) is 2.